The Balaban J connectivity index is 1.92. The van der Waals surface area contributed by atoms with E-state index in [1.54, 1.807) is 7.11 Å². The number of rotatable bonds is 4. The summed E-state index contributed by atoms with van der Waals surface area (Å²) in [7, 11) is 1.63. The summed E-state index contributed by atoms with van der Waals surface area (Å²) < 4.78 is 11.4. The van der Waals surface area contributed by atoms with E-state index in [4.69, 9.17) is 9.47 Å². The molecule has 108 valence electrons. The number of carbonyl (C=O) groups excluding carboxylic acids is 1. The predicted molar refractivity (Wildman–Crippen MR) is 81.0 cm³/mol. The molecule has 0 unspecified atom stereocenters. The van der Waals surface area contributed by atoms with Gasteiger partial charge in [-0.1, -0.05) is 30.3 Å². The van der Waals surface area contributed by atoms with Crippen LogP contribution in [0.4, 0.5) is 0 Å². The Morgan fingerprint density at radius 2 is 1.86 bits per heavy atom. The van der Waals surface area contributed by atoms with Gasteiger partial charge in [-0.2, -0.15) is 0 Å². The number of ether oxygens (including phenoxy) is 2. The number of fused-ring (bicyclic) bond motifs is 1. The molecule has 0 spiro atoms. The van der Waals surface area contributed by atoms with Crippen molar-refractivity contribution in [1.29, 1.82) is 0 Å². The maximum absolute atomic E-state index is 12.0. The summed E-state index contributed by atoms with van der Waals surface area (Å²) in [5, 5.41) is 0. The van der Waals surface area contributed by atoms with Gasteiger partial charge in [0.1, 0.15) is 6.61 Å². The predicted octanol–water partition coefficient (Wildman–Crippen LogP) is 3.79. The molecule has 0 saturated heterocycles. The zero-order valence-corrected chi connectivity index (χ0v) is 12.1. The smallest absolute Gasteiger partial charge is 0.165 e. The molecule has 21 heavy (non-hydrogen) atoms. The molecule has 0 amide bonds. The van der Waals surface area contributed by atoms with Gasteiger partial charge in [0.2, 0.25) is 0 Å². The van der Waals surface area contributed by atoms with Crippen LogP contribution in [0.15, 0.2) is 42.5 Å². The third kappa shape index (κ3) is 2.77. The molecule has 3 heteroatoms. The Morgan fingerprint density at radius 1 is 1.05 bits per heavy atom. The van der Waals surface area contributed by atoms with Crippen molar-refractivity contribution in [2.75, 3.05) is 7.11 Å². The van der Waals surface area contributed by atoms with Crippen LogP contribution in [-0.2, 0) is 13.0 Å². The summed E-state index contributed by atoms with van der Waals surface area (Å²) >= 11 is 0. The van der Waals surface area contributed by atoms with Gasteiger partial charge in [-0.3, -0.25) is 4.79 Å². The first-order valence-corrected chi connectivity index (χ1v) is 7.19. The highest BCUT2D eigenvalue weighted by atomic mass is 16.5. The monoisotopic (exact) mass is 282 g/mol. The molecule has 2 aromatic rings. The standard InChI is InChI=1S/C18H18O3/c1-20-17-11-10-14-15(8-5-9-16(14)19)18(17)21-12-13-6-3-2-4-7-13/h2-4,6-7,10-11H,5,8-9,12H2,1H3. The van der Waals surface area contributed by atoms with E-state index in [9.17, 15) is 4.79 Å². The molecule has 1 aliphatic rings. The number of ketones is 1. The van der Waals surface area contributed by atoms with Crippen molar-refractivity contribution >= 4 is 5.78 Å². The van der Waals surface area contributed by atoms with Crippen molar-refractivity contribution in [3.63, 3.8) is 0 Å². The highest BCUT2D eigenvalue weighted by Crippen LogP contribution is 2.38. The van der Waals surface area contributed by atoms with Gasteiger partial charge in [-0.05, 0) is 30.5 Å². The average molecular weight is 282 g/mol. The zero-order valence-electron chi connectivity index (χ0n) is 12.1. The number of hydrogen-bond donors (Lipinski definition) is 0. The first kappa shape index (κ1) is 13.7. The van der Waals surface area contributed by atoms with Crippen LogP contribution in [-0.4, -0.2) is 12.9 Å². The molecular weight excluding hydrogens is 264 g/mol. The van der Waals surface area contributed by atoms with Crippen molar-refractivity contribution in [1.82, 2.24) is 0 Å². The quantitative estimate of drug-likeness (QED) is 0.855. The second-order valence-electron chi connectivity index (χ2n) is 5.17. The molecule has 0 fully saturated rings. The van der Waals surface area contributed by atoms with Crippen LogP contribution >= 0.6 is 0 Å². The van der Waals surface area contributed by atoms with Crippen LogP contribution in [0.3, 0.4) is 0 Å². The summed E-state index contributed by atoms with van der Waals surface area (Å²) in [6.07, 6.45) is 2.36. The fourth-order valence-electron chi connectivity index (χ4n) is 2.72. The molecule has 0 atom stereocenters. The topological polar surface area (TPSA) is 35.5 Å². The number of benzene rings is 2. The van der Waals surface area contributed by atoms with Crippen LogP contribution in [0, 0.1) is 0 Å². The Morgan fingerprint density at radius 3 is 2.62 bits per heavy atom. The summed E-state index contributed by atoms with van der Waals surface area (Å²) in [6, 6.07) is 13.7. The average Bonchev–Trinajstić information content (AvgIpc) is 2.54. The molecule has 0 bridgehead atoms. The molecular formula is C18H18O3. The number of Topliss-reactive ketones (excluding diaryl/α,β-unsaturated/α-hetero) is 1. The van der Waals surface area contributed by atoms with E-state index in [0.717, 1.165) is 29.5 Å². The Kier molecular flexibility index (Phi) is 3.91. The van der Waals surface area contributed by atoms with Crippen molar-refractivity contribution in [2.24, 2.45) is 0 Å². The van der Waals surface area contributed by atoms with Crippen LogP contribution in [0.2, 0.25) is 0 Å². The van der Waals surface area contributed by atoms with Crippen molar-refractivity contribution < 1.29 is 14.3 Å². The summed E-state index contributed by atoms with van der Waals surface area (Å²) in [5.74, 6) is 1.61. The minimum absolute atomic E-state index is 0.198. The molecule has 0 heterocycles. The highest BCUT2D eigenvalue weighted by molar-refractivity contribution is 5.99. The zero-order chi connectivity index (χ0) is 14.7. The van der Waals surface area contributed by atoms with Gasteiger partial charge in [-0.25, -0.2) is 0 Å². The Labute approximate surface area is 124 Å². The number of hydrogen-bond acceptors (Lipinski definition) is 3. The second kappa shape index (κ2) is 6.00. The van der Waals surface area contributed by atoms with Crippen molar-refractivity contribution in [3.8, 4) is 11.5 Å². The first-order valence-electron chi connectivity index (χ1n) is 7.19. The molecule has 1 aliphatic carbocycles. The number of carbonyl (C=O) groups is 1. The van der Waals surface area contributed by atoms with Crippen LogP contribution in [0.5, 0.6) is 11.5 Å². The van der Waals surface area contributed by atoms with Crippen molar-refractivity contribution in [2.45, 2.75) is 25.9 Å². The van der Waals surface area contributed by atoms with Crippen LogP contribution < -0.4 is 9.47 Å². The molecule has 0 saturated carbocycles. The summed E-state index contributed by atoms with van der Waals surface area (Å²) in [6.45, 7) is 0.474. The van der Waals surface area contributed by atoms with Gasteiger partial charge < -0.3 is 9.47 Å². The second-order valence-corrected chi connectivity index (χ2v) is 5.17. The van der Waals surface area contributed by atoms with Gasteiger partial charge >= 0.3 is 0 Å². The third-order valence-electron chi connectivity index (χ3n) is 3.80. The van der Waals surface area contributed by atoms with E-state index in [1.807, 2.05) is 42.5 Å². The van der Waals surface area contributed by atoms with Gasteiger partial charge in [0.05, 0.1) is 7.11 Å². The SMILES string of the molecule is COc1ccc2c(c1OCc1ccccc1)CCCC2=O. The molecule has 2 aromatic carbocycles. The van der Waals surface area contributed by atoms with Gasteiger partial charge in [0.25, 0.3) is 0 Å². The molecule has 3 nitrogen and oxygen atoms in total. The largest absolute Gasteiger partial charge is 0.493 e. The highest BCUT2D eigenvalue weighted by Gasteiger charge is 2.23. The van der Waals surface area contributed by atoms with Gasteiger partial charge in [0.15, 0.2) is 17.3 Å². The van der Waals surface area contributed by atoms with Gasteiger partial charge in [0, 0.05) is 17.5 Å². The minimum Gasteiger partial charge on any atom is -0.493 e. The van der Waals surface area contributed by atoms with E-state index in [2.05, 4.69) is 0 Å². The van der Waals surface area contributed by atoms with Crippen LogP contribution in [0.1, 0.15) is 34.3 Å². The normalized spacial score (nSPS) is 13.7. The van der Waals surface area contributed by atoms with E-state index in [-0.39, 0.29) is 5.78 Å². The fourth-order valence-corrected chi connectivity index (χ4v) is 2.72. The number of methoxy groups -OCH3 is 1. The first-order chi connectivity index (χ1) is 10.3. The lowest BCUT2D eigenvalue weighted by molar-refractivity contribution is 0.0971. The molecule has 0 radical (unpaired) electrons. The third-order valence-corrected chi connectivity index (χ3v) is 3.80. The minimum atomic E-state index is 0.198. The lowest BCUT2D eigenvalue weighted by atomic mass is 9.89. The molecule has 0 N–H and O–H groups in total. The molecule has 3 rings (SSSR count). The van der Waals surface area contributed by atoms with Gasteiger partial charge in [-0.15, -0.1) is 0 Å². The van der Waals surface area contributed by atoms with E-state index in [0.29, 0.717) is 24.5 Å². The summed E-state index contributed by atoms with van der Waals surface area (Å²) in [4.78, 5) is 12.0. The fraction of sp³-hybridized carbons (Fsp3) is 0.278. The Hall–Kier alpha value is -2.29. The van der Waals surface area contributed by atoms with E-state index >= 15 is 0 Å². The lowest BCUT2D eigenvalue weighted by Gasteiger charge is -2.21. The van der Waals surface area contributed by atoms with E-state index in [1.165, 1.54) is 0 Å². The van der Waals surface area contributed by atoms with E-state index < -0.39 is 0 Å². The van der Waals surface area contributed by atoms with Crippen LogP contribution in [0.25, 0.3) is 0 Å². The maximum Gasteiger partial charge on any atom is 0.165 e. The Bertz CT molecular complexity index is 647. The maximum atomic E-state index is 12.0. The lowest BCUT2D eigenvalue weighted by Crippen LogP contribution is -2.13. The summed E-state index contributed by atoms with van der Waals surface area (Å²) in [5.41, 5.74) is 2.87. The molecule has 0 aromatic heterocycles. The van der Waals surface area contributed by atoms with Crippen molar-refractivity contribution in [3.05, 3.63) is 59.2 Å². The molecule has 0 aliphatic heterocycles.